The van der Waals surface area contributed by atoms with Crippen LogP contribution < -0.4 is 5.73 Å². The molecule has 2 N–H and O–H groups in total. The highest BCUT2D eigenvalue weighted by Crippen LogP contribution is 2.35. The fourth-order valence-electron chi connectivity index (χ4n) is 1.26. The zero-order chi connectivity index (χ0) is 12.4. The standard InChI is InChI=1S/C12H8ClF2NS/c13-11-9(16)5-6-10(12(11)15)17-8-3-1-7(14)2-4-8/h1-6H,16H2. The molecule has 0 bridgehead atoms. The molecule has 0 aromatic heterocycles. The van der Waals surface area contributed by atoms with Crippen molar-refractivity contribution in [1.29, 1.82) is 0 Å². The summed E-state index contributed by atoms with van der Waals surface area (Å²) in [6.45, 7) is 0. The Labute approximate surface area is 107 Å². The highest BCUT2D eigenvalue weighted by Gasteiger charge is 2.10. The van der Waals surface area contributed by atoms with E-state index in [2.05, 4.69) is 0 Å². The van der Waals surface area contributed by atoms with Gasteiger partial charge in [0.05, 0.1) is 5.69 Å². The Morgan fingerprint density at radius 1 is 1.00 bits per heavy atom. The van der Waals surface area contributed by atoms with Gasteiger partial charge in [0, 0.05) is 9.79 Å². The van der Waals surface area contributed by atoms with Crippen molar-refractivity contribution < 1.29 is 8.78 Å². The van der Waals surface area contributed by atoms with Gasteiger partial charge in [-0.3, -0.25) is 0 Å². The van der Waals surface area contributed by atoms with E-state index in [-0.39, 0.29) is 16.5 Å². The molecule has 0 saturated carbocycles. The number of hydrogen-bond donors (Lipinski definition) is 1. The Kier molecular flexibility index (Phi) is 3.54. The summed E-state index contributed by atoms with van der Waals surface area (Å²) in [5, 5.41) is -0.0860. The quantitative estimate of drug-likeness (QED) is 0.822. The molecule has 1 nitrogen and oxygen atoms in total. The van der Waals surface area contributed by atoms with Gasteiger partial charge in [0.25, 0.3) is 0 Å². The summed E-state index contributed by atoms with van der Waals surface area (Å²) in [5.74, 6) is -0.883. The second kappa shape index (κ2) is 4.94. The lowest BCUT2D eigenvalue weighted by Crippen LogP contribution is -1.91. The Morgan fingerprint density at radius 2 is 1.65 bits per heavy atom. The van der Waals surface area contributed by atoms with Crippen molar-refractivity contribution in [3.63, 3.8) is 0 Å². The van der Waals surface area contributed by atoms with Crippen LogP contribution in [0, 0.1) is 11.6 Å². The van der Waals surface area contributed by atoms with E-state index in [0.717, 1.165) is 16.7 Å². The minimum absolute atomic E-state index is 0.0860. The summed E-state index contributed by atoms with van der Waals surface area (Å²) in [6.07, 6.45) is 0. The molecule has 2 rings (SSSR count). The molecule has 0 aliphatic carbocycles. The van der Waals surface area contributed by atoms with E-state index in [4.69, 9.17) is 17.3 Å². The Bertz CT molecular complexity index is 543. The van der Waals surface area contributed by atoms with E-state index in [1.54, 1.807) is 18.2 Å². The minimum Gasteiger partial charge on any atom is -0.397 e. The summed E-state index contributed by atoms with van der Waals surface area (Å²) < 4.78 is 26.4. The normalized spacial score (nSPS) is 10.5. The van der Waals surface area contributed by atoms with Crippen LogP contribution in [0.25, 0.3) is 0 Å². The van der Waals surface area contributed by atoms with Gasteiger partial charge in [-0.05, 0) is 36.4 Å². The number of anilines is 1. The zero-order valence-corrected chi connectivity index (χ0v) is 10.2. The summed E-state index contributed by atoms with van der Waals surface area (Å²) in [4.78, 5) is 1.09. The third kappa shape index (κ3) is 2.70. The fourth-order valence-corrected chi connectivity index (χ4v) is 2.33. The molecule has 88 valence electrons. The third-order valence-electron chi connectivity index (χ3n) is 2.12. The van der Waals surface area contributed by atoms with Crippen LogP contribution in [-0.4, -0.2) is 0 Å². The lowest BCUT2D eigenvalue weighted by atomic mass is 10.3. The molecular formula is C12H8ClF2NS. The number of hydrogen-bond acceptors (Lipinski definition) is 2. The van der Waals surface area contributed by atoms with Gasteiger partial charge in [0.15, 0.2) is 5.82 Å². The highest BCUT2D eigenvalue weighted by molar-refractivity contribution is 7.99. The fraction of sp³-hybridized carbons (Fsp3) is 0. The van der Waals surface area contributed by atoms with Crippen LogP contribution in [-0.2, 0) is 0 Å². The topological polar surface area (TPSA) is 26.0 Å². The molecule has 0 spiro atoms. The maximum Gasteiger partial charge on any atom is 0.157 e. The molecule has 0 saturated heterocycles. The van der Waals surface area contributed by atoms with E-state index in [0.29, 0.717) is 4.90 Å². The van der Waals surface area contributed by atoms with Crippen molar-refractivity contribution in [3.05, 3.63) is 53.1 Å². The van der Waals surface area contributed by atoms with E-state index in [9.17, 15) is 8.78 Å². The molecule has 0 amide bonds. The van der Waals surface area contributed by atoms with Crippen LogP contribution in [0.5, 0.6) is 0 Å². The number of nitrogens with two attached hydrogens (primary N) is 1. The van der Waals surface area contributed by atoms with Gasteiger partial charge >= 0.3 is 0 Å². The van der Waals surface area contributed by atoms with Crippen molar-refractivity contribution in [2.75, 3.05) is 5.73 Å². The van der Waals surface area contributed by atoms with Crippen molar-refractivity contribution in [2.24, 2.45) is 0 Å². The summed E-state index contributed by atoms with van der Waals surface area (Å²) >= 11 is 6.87. The molecule has 2 aromatic rings. The first-order valence-corrected chi connectivity index (χ1v) is 5.94. The maximum absolute atomic E-state index is 13.7. The van der Waals surface area contributed by atoms with Gasteiger partial charge < -0.3 is 5.73 Å². The largest absolute Gasteiger partial charge is 0.397 e. The SMILES string of the molecule is Nc1ccc(Sc2ccc(F)cc2)c(F)c1Cl. The molecule has 0 aliphatic rings. The van der Waals surface area contributed by atoms with E-state index < -0.39 is 5.82 Å². The van der Waals surface area contributed by atoms with Crippen LogP contribution in [0.3, 0.4) is 0 Å². The van der Waals surface area contributed by atoms with Crippen molar-refractivity contribution >= 4 is 29.1 Å². The molecule has 0 aliphatic heterocycles. The first-order chi connectivity index (χ1) is 8.08. The molecule has 5 heteroatoms. The lowest BCUT2D eigenvalue weighted by Gasteiger charge is -2.06. The summed E-state index contributed by atoms with van der Waals surface area (Å²) in [7, 11) is 0. The van der Waals surface area contributed by atoms with Crippen molar-refractivity contribution in [2.45, 2.75) is 9.79 Å². The summed E-state index contributed by atoms with van der Waals surface area (Å²) in [5.41, 5.74) is 5.67. The first-order valence-electron chi connectivity index (χ1n) is 4.75. The van der Waals surface area contributed by atoms with Crippen LogP contribution in [0.2, 0.25) is 5.02 Å². The van der Waals surface area contributed by atoms with E-state index >= 15 is 0 Å². The maximum atomic E-state index is 13.7. The molecule has 0 unspecified atom stereocenters. The monoisotopic (exact) mass is 271 g/mol. The molecule has 2 aromatic carbocycles. The van der Waals surface area contributed by atoms with Crippen LogP contribution in [0.1, 0.15) is 0 Å². The van der Waals surface area contributed by atoms with E-state index in [1.807, 2.05) is 0 Å². The molecule has 0 radical (unpaired) electrons. The highest BCUT2D eigenvalue weighted by atomic mass is 35.5. The number of rotatable bonds is 2. The Hall–Kier alpha value is -1.26. The molecule has 0 atom stereocenters. The average Bonchev–Trinajstić information content (AvgIpc) is 2.33. The molecule has 17 heavy (non-hydrogen) atoms. The Morgan fingerprint density at radius 3 is 2.29 bits per heavy atom. The molecule has 0 fully saturated rings. The van der Waals surface area contributed by atoms with Crippen LogP contribution in [0.4, 0.5) is 14.5 Å². The van der Waals surface area contributed by atoms with Gasteiger partial charge in [-0.15, -0.1) is 0 Å². The van der Waals surface area contributed by atoms with Gasteiger partial charge in [-0.2, -0.15) is 0 Å². The summed E-state index contributed by atoms with van der Waals surface area (Å²) in [6, 6.07) is 8.87. The Balaban J connectivity index is 2.30. The number of nitrogen functional groups attached to an aromatic ring is 1. The van der Waals surface area contributed by atoms with Gasteiger partial charge in [-0.25, -0.2) is 8.78 Å². The molecule has 0 heterocycles. The van der Waals surface area contributed by atoms with Crippen molar-refractivity contribution in [1.82, 2.24) is 0 Å². The van der Waals surface area contributed by atoms with Crippen LogP contribution in [0.15, 0.2) is 46.2 Å². The average molecular weight is 272 g/mol. The number of benzene rings is 2. The predicted octanol–water partition coefficient (Wildman–Crippen LogP) is 4.35. The lowest BCUT2D eigenvalue weighted by molar-refractivity contribution is 0.603. The second-order valence-electron chi connectivity index (χ2n) is 3.34. The van der Waals surface area contributed by atoms with E-state index in [1.165, 1.54) is 18.2 Å². The second-order valence-corrected chi connectivity index (χ2v) is 4.83. The number of halogens is 3. The van der Waals surface area contributed by atoms with Gasteiger partial charge in [0.2, 0.25) is 0 Å². The molecular weight excluding hydrogens is 264 g/mol. The third-order valence-corrected chi connectivity index (χ3v) is 3.55. The predicted molar refractivity (Wildman–Crippen MR) is 66.3 cm³/mol. The van der Waals surface area contributed by atoms with Gasteiger partial charge in [-0.1, -0.05) is 23.4 Å². The minimum atomic E-state index is -0.555. The van der Waals surface area contributed by atoms with Crippen LogP contribution >= 0.6 is 23.4 Å². The van der Waals surface area contributed by atoms with Crippen molar-refractivity contribution in [3.8, 4) is 0 Å². The zero-order valence-electron chi connectivity index (χ0n) is 8.58. The smallest absolute Gasteiger partial charge is 0.157 e. The van der Waals surface area contributed by atoms with Gasteiger partial charge in [0.1, 0.15) is 10.8 Å². The first kappa shape index (κ1) is 12.2.